The van der Waals surface area contributed by atoms with Gasteiger partial charge in [0.1, 0.15) is 11.3 Å². The minimum atomic E-state index is -0.589. The van der Waals surface area contributed by atoms with Gasteiger partial charge in [0.25, 0.3) is 0 Å². The first-order chi connectivity index (χ1) is 16.4. The van der Waals surface area contributed by atoms with Gasteiger partial charge in [0, 0.05) is 35.5 Å². The van der Waals surface area contributed by atoms with E-state index < -0.39 is 5.82 Å². The maximum absolute atomic E-state index is 16.1. The van der Waals surface area contributed by atoms with Crippen LogP contribution in [0.15, 0.2) is 24.3 Å². The van der Waals surface area contributed by atoms with Crippen LogP contribution in [0.5, 0.6) is 6.01 Å². The molecule has 34 heavy (non-hydrogen) atoms. The summed E-state index contributed by atoms with van der Waals surface area (Å²) in [5, 5.41) is 1.07. The van der Waals surface area contributed by atoms with Crippen molar-refractivity contribution >= 4 is 60.9 Å². The molecule has 1 saturated heterocycles. The summed E-state index contributed by atoms with van der Waals surface area (Å²) in [6.07, 6.45) is 2.04. The number of hydrogen-bond acceptors (Lipinski definition) is 8. The minimum Gasteiger partial charge on any atom is -0.467 e. The van der Waals surface area contributed by atoms with Gasteiger partial charge in [-0.05, 0) is 31.4 Å². The molecule has 1 aliphatic rings. The molecular weight excluding hydrogens is 479 g/mol. The fourth-order valence-electron chi connectivity index (χ4n) is 4.50. The van der Waals surface area contributed by atoms with Crippen molar-refractivity contribution in [2.24, 2.45) is 11.7 Å². The highest BCUT2D eigenvalue weighted by atomic mass is 35.5. The maximum Gasteiger partial charge on any atom is 0.318 e. The number of hydrogen-bond donors (Lipinski definition) is 2. The SMILES string of the molecule is COc1nc(N2CCCC(C(N)=O)CC2)c2cc(Cl)c(-c3cccc4sc(N)nc34)c(F)c2n1. The van der Waals surface area contributed by atoms with E-state index in [1.54, 1.807) is 12.1 Å². The van der Waals surface area contributed by atoms with E-state index in [2.05, 4.69) is 15.0 Å². The van der Waals surface area contributed by atoms with Crippen LogP contribution in [0, 0.1) is 11.7 Å². The lowest BCUT2D eigenvalue weighted by atomic mass is 10.0. The number of aromatic nitrogens is 3. The number of nitrogen functional groups attached to an aromatic ring is 1. The molecule has 0 radical (unpaired) electrons. The molecule has 0 spiro atoms. The van der Waals surface area contributed by atoms with E-state index in [-0.39, 0.29) is 33.9 Å². The molecule has 2 aromatic heterocycles. The number of methoxy groups -OCH3 is 1. The van der Waals surface area contributed by atoms with Crippen LogP contribution in [-0.4, -0.2) is 41.1 Å². The highest BCUT2D eigenvalue weighted by molar-refractivity contribution is 7.22. The first-order valence-corrected chi connectivity index (χ1v) is 12.0. The summed E-state index contributed by atoms with van der Waals surface area (Å²) in [6.45, 7) is 1.18. The third kappa shape index (κ3) is 3.86. The fraction of sp³-hybridized carbons (Fsp3) is 0.304. The Balaban J connectivity index is 1.69. The van der Waals surface area contributed by atoms with Crippen molar-refractivity contribution in [3.63, 3.8) is 0 Å². The predicted octanol–water partition coefficient (Wildman–Crippen LogP) is 4.38. The molecule has 8 nitrogen and oxygen atoms in total. The molecule has 5 rings (SSSR count). The predicted molar refractivity (Wildman–Crippen MR) is 133 cm³/mol. The Labute approximate surface area is 203 Å². The number of para-hydroxylation sites is 1. The topological polar surface area (TPSA) is 120 Å². The van der Waals surface area contributed by atoms with Gasteiger partial charge >= 0.3 is 6.01 Å². The molecule has 0 saturated carbocycles. The number of halogens is 2. The van der Waals surface area contributed by atoms with E-state index in [0.29, 0.717) is 53.3 Å². The summed E-state index contributed by atoms with van der Waals surface area (Å²) in [5.41, 5.74) is 12.8. The van der Waals surface area contributed by atoms with E-state index in [9.17, 15) is 4.79 Å². The molecule has 0 aliphatic carbocycles. The summed E-state index contributed by atoms with van der Waals surface area (Å²) in [7, 11) is 1.43. The van der Waals surface area contributed by atoms with Crippen molar-refractivity contribution in [1.82, 2.24) is 15.0 Å². The lowest BCUT2D eigenvalue weighted by Gasteiger charge is -2.24. The first kappa shape index (κ1) is 22.5. The number of rotatable bonds is 4. The normalized spacial score (nSPS) is 16.7. The number of ether oxygens (including phenoxy) is 1. The van der Waals surface area contributed by atoms with Crippen LogP contribution in [0.3, 0.4) is 0 Å². The number of thiazole rings is 1. The zero-order chi connectivity index (χ0) is 24.0. The van der Waals surface area contributed by atoms with Gasteiger partial charge in [-0.3, -0.25) is 4.79 Å². The summed E-state index contributed by atoms with van der Waals surface area (Å²) in [4.78, 5) is 26.9. The molecule has 4 N–H and O–H groups in total. The van der Waals surface area contributed by atoms with Crippen molar-refractivity contribution in [1.29, 1.82) is 0 Å². The molecule has 176 valence electrons. The van der Waals surface area contributed by atoms with Crippen LogP contribution in [0.2, 0.25) is 5.02 Å². The quantitative estimate of drug-likeness (QED) is 0.426. The molecular formula is C23H22ClFN6O2S. The summed E-state index contributed by atoms with van der Waals surface area (Å²) in [6, 6.07) is 7.17. The third-order valence-electron chi connectivity index (χ3n) is 6.16. The van der Waals surface area contributed by atoms with E-state index in [0.717, 1.165) is 11.1 Å². The summed E-state index contributed by atoms with van der Waals surface area (Å²) >= 11 is 7.99. The van der Waals surface area contributed by atoms with Crippen LogP contribution >= 0.6 is 22.9 Å². The van der Waals surface area contributed by atoms with Gasteiger partial charge in [0.15, 0.2) is 10.9 Å². The Morgan fingerprint density at radius 2 is 2.06 bits per heavy atom. The molecule has 1 fully saturated rings. The second-order valence-electron chi connectivity index (χ2n) is 8.20. The van der Waals surface area contributed by atoms with Crippen LogP contribution in [-0.2, 0) is 4.79 Å². The van der Waals surface area contributed by atoms with Gasteiger partial charge in [0.05, 0.1) is 22.3 Å². The number of fused-ring (bicyclic) bond motifs is 2. The largest absolute Gasteiger partial charge is 0.467 e. The Hall–Kier alpha value is -3.24. The standard InChI is InChI=1S/C23H22ClFN6O2S/c1-33-23-29-19-13(21(30-23)31-8-3-4-11(7-9-31)20(26)32)10-14(24)16(17(19)25)12-5-2-6-15-18(12)28-22(27)34-15/h2,5-6,10-11H,3-4,7-9H2,1H3,(H2,26,32)(H2,27,28). The van der Waals surface area contributed by atoms with Crippen LogP contribution in [0.4, 0.5) is 15.3 Å². The fourth-order valence-corrected chi connectivity index (χ4v) is 5.55. The Morgan fingerprint density at radius 3 is 2.82 bits per heavy atom. The molecule has 1 aliphatic heterocycles. The smallest absolute Gasteiger partial charge is 0.318 e. The number of anilines is 2. The van der Waals surface area contributed by atoms with E-state index in [1.165, 1.54) is 18.4 Å². The number of carbonyl (C=O) groups excluding carboxylic acids is 1. The number of nitrogens with zero attached hydrogens (tertiary/aromatic N) is 4. The zero-order valence-electron chi connectivity index (χ0n) is 18.3. The summed E-state index contributed by atoms with van der Waals surface area (Å²) in [5.74, 6) is -0.579. The van der Waals surface area contributed by atoms with Crippen molar-refractivity contribution in [2.75, 3.05) is 30.8 Å². The number of primary amides is 1. The maximum atomic E-state index is 16.1. The van der Waals surface area contributed by atoms with Gasteiger partial charge in [-0.15, -0.1) is 0 Å². The van der Waals surface area contributed by atoms with E-state index in [4.69, 9.17) is 27.8 Å². The Morgan fingerprint density at radius 1 is 1.24 bits per heavy atom. The molecule has 2 aromatic carbocycles. The Bertz CT molecular complexity index is 1430. The molecule has 1 amide bonds. The van der Waals surface area contributed by atoms with E-state index in [1.807, 2.05) is 17.0 Å². The lowest BCUT2D eigenvalue weighted by molar-refractivity contribution is -0.122. The number of amides is 1. The Kier molecular flexibility index (Phi) is 5.86. The van der Waals surface area contributed by atoms with Crippen LogP contribution < -0.4 is 21.1 Å². The van der Waals surface area contributed by atoms with Gasteiger partial charge in [-0.1, -0.05) is 35.1 Å². The first-order valence-electron chi connectivity index (χ1n) is 10.8. The second-order valence-corrected chi connectivity index (χ2v) is 9.67. The number of carbonyl (C=O) groups is 1. The number of benzene rings is 2. The van der Waals surface area contributed by atoms with Crippen molar-refractivity contribution in [3.05, 3.63) is 35.1 Å². The minimum absolute atomic E-state index is 0.0430. The van der Waals surface area contributed by atoms with Crippen LogP contribution in [0.1, 0.15) is 19.3 Å². The van der Waals surface area contributed by atoms with E-state index >= 15 is 4.39 Å². The summed E-state index contributed by atoms with van der Waals surface area (Å²) < 4.78 is 22.2. The molecule has 1 unspecified atom stereocenters. The van der Waals surface area contributed by atoms with Gasteiger partial charge in [-0.2, -0.15) is 9.97 Å². The molecule has 3 heterocycles. The van der Waals surface area contributed by atoms with Crippen LogP contribution in [0.25, 0.3) is 32.2 Å². The average molecular weight is 501 g/mol. The van der Waals surface area contributed by atoms with Gasteiger partial charge < -0.3 is 21.1 Å². The van der Waals surface area contributed by atoms with Gasteiger partial charge in [-0.25, -0.2) is 9.37 Å². The highest BCUT2D eigenvalue weighted by Crippen LogP contribution is 2.42. The lowest BCUT2D eigenvalue weighted by Crippen LogP contribution is -2.28. The zero-order valence-corrected chi connectivity index (χ0v) is 19.9. The average Bonchev–Trinajstić information content (AvgIpc) is 3.03. The molecule has 4 aromatic rings. The molecule has 11 heteroatoms. The third-order valence-corrected chi connectivity index (χ3v) is 7.31. The monoisotopic (exact) mass is 500 g/mol. The van der Waals surface area contributed by atoms with Gasteiger partial charge in [0.2, 0.25) is 5.91 Å². The van der Waals surface area contributed by atoms with Crippen molar-refractivity contribution in [2.45, 2.75) is 19.3 Å². The molecule has 0 bridgehead atoms. The molecule has 1 atom stereocenters. The highest BCUT2D eigenvalue weighted by Gasteiger charge is 2.26. The van der Waals surface area contributed by atoms with Crippen molar-refractivity contribution in [3.8, 4) is 17.1 Å². The number of nitrogens with two attached hydrogens (primary N) is 2. The second kappa shape index (κ2) is 8.84. The van der Waals surface area contributed by atoms with Crippen molar-refractivity contribution < 1.29 is 13.9 Å².